The minimum absolute atomic E-state index is 0.329. The molecule has 1 aromatic carbocycles. The molecule has 1 aromatic rings. The van der Waals surface area contributed by atoms with E-state index in [-0.39, 0.29) is 0 Å². The molecule has 0 fully saturated rings. The third kappa shape index (κ3) is 5.63. The van der Waals surface area contributed by atoms with E-state index in [2.05, 4.69) is 10.6 Å². The molecule has 0 aromatic heterocycles. The Morgan fingerprint density at radius 2 is 1.79 bits per heavy atom. The molecule has 0 spiro atoms. The standard InChI is InChI=1S/C13H17F3N2O/c1-9(2)7-8-17-12(19)18-11-5-3-10(4-6-11)13(14,15)16/h3-6,9H,7-8H2,1-2H3,(H2,17,18,19). The lowest BCUT2D eigenvalue weighted by Crippen LogP contribution is -2.30. The minimum Gasteiger partial charge on any atom is -0.338 e. The number of hydrogen-bond acceptors (Lipinski definition) is 1. The Balaban J connectivity index is 2.47. The molecule has 1 rings (SSSR count). The second kappa shape index (κ2) is 6.45. The summed E-state index contributed by atoms with van der Waals surface area (Å²) in [5.41, 5.74) is -0.409. The lowest BCUT2D eigenvalue weighted by Gasteiger charge is -2.10. The van der Waals surface area contributed by atoms with Crippen molar-refractivity contribution in [3.05, 3.63) is 29.8 Å². The fourth-order valence-electron chi connectivity index (χ4n) is 1.39. The second-order valence-electron chi connectivity index (χ2n) is 4.64. The van der Waals surface area contributed by atoms with Crippen LogP contribution in [0.3, 0.4) is 0 Å². The Kier molecular flexibility index (Phi) is 5.20. The molecular formula is C13H17F3N2O. The number of rotatable bonds is 4. The predicted octanol–water partition coefficient (Wildman–Crippen LogP) is 3.87. The summed E-state index contributed by atoms with van der Waals surface area (Å²) in [7, 11) is 0. The van der Waals surface area contributed by atoms with Crippen molar-refractivity contribution in [2.24, 2.45) is 5.92 Å². The van der Waals surface area contributed by atoms with Gasteiger partial charge in [0.05, 0.1) is 5.56 Å². The summed E-state index contributed by atoms with van der Waals surface area (Å²) in [5.74, 6) is 0.478. The Labute approximate surface area is 110 Å². The molecule has 0 heterocycles. The van der Waals surface area contributed by atoms with Crippen molar-refractivity contribution in [1.82, 2.24) is 5.32 Å². The molecule has 0 bridgehead atoms. The normalized spacial score (nSPS) is 11.5. The molecule has 19 heavy (non-hydrogen) atoms. The van der Waals surface area contributed by atoms with Crippen LogP contribution in [0.1, 0.15) is 25.8 Å². The summed E-state index contributed by atoms with van der Waals surface area (Å²) >= 11 is 0. The van der Waals surface area contributed by atoms with Crippen molar-refractivity contribution in [3.63, 3.8) is 0 Å². The van der Waals surface area contributed by atoms with Gasteiger partial charge in [0.15, 0.2) is 0 Å². The van der Waals surface area contributed by atoms with E-state index >= 15 is 0 Å². The highest BCUT2D eigenvalue weighted by atomic mass is 19.4. The first-order chi connectivity index (χ1) is 8.79. The van der Waals surface area contributed by atoms with Gasteiger partial charge in [-0.25, -0.2) is 4.79 Å². The van der Waals surface area contributed by atoms with Crippen molar-refractivity contribution in [2.75, 3.05) is 11.9 Å². The van der Waals surface area contributed by atoms with E-state index in [4.69, 9.17) is 0 Å². The van der Waals surface area contributed by atoms with Gasteiger partial charge >= 0.3 is 12.2 Å². The Morgan fingerprint density at radius 3 is 2.26 bits per heavy atom. The molecule has 0 aliphatic carbocycles. The van der Waals surface area contributed by atoms with Crippen LogP contribution in [-0.4, -0.2) is 12.6 Å². The van der Waals surface area contributed by atoms with E-state index in [9.17, 15) is 18.0 Å². The predicted molar refractivity (Wildman–Crippen MR) is 67.9 cm³/mol. The van der Waals surface area contributed by atoms with Gasteiger partial charge in [-0.2, -0.15) is 13.2 Å². The van der Waals surface area contributed by atoms with Gasteiger partial charge in [-0.1, -0.05) is 13.8 Å². The molecule has 0 radical (unpaired) electrons. The van der Waals surface area contributed by atoms with Gasteiger partial charge in [0.1, 0.15) is 0 Å². The molecule has 6 heteroatoms. The molecule has 0 aliphatic heterocycles. The summed E-state index contributed by atoms with van der Waals surface area (Å²) in [6.45, 7) is 4.61. The fourth-order valence-corrected chi connectivity index (χ4v) is 1.39. The van der Waals surface area contributed by atoms with Gasteiger partial charge in [0.2, 0.25) is 0 Å². The SMILES string of the molecule is CC(C)CCNC(=O)Nc1ccc(C(F)(F)F)cc1. The van der Waals surface area contributed by atoms with Gasteiger partial charge in [-0.15, -0.1) is 0 Å². The number of nitrogens with one attached hydrogen (secondary N) is 2. The number of benzene rings is 1. The van der Waals surface area contributed by atoms with E-state index < -0.39 is 17.8 Å². The summed E-state index contributed by atoms with van der Waals surface area (Å²) < 4.78 is 37.0. The van der Waals surface area contributed by atoms with Crippen molar-refractivity contribution in [2.45, 2.75) is 26.4 Å². The highest BCUT2D eigenvalue weighted by Gasteiger charge is 2.29. The summed E-state index contributed by atoms with van der Waals surface area (Å²) in [4.78, 5) is 11.4. The maximum Gasteiger partial charge on any atom is 0.416 e. The van der Waals surface area contributed by atoms with E-state index in [1.165, 1.54) is 12.1 Å². The molecule has 3 nitrogen and oxygen atoms in total. The number of alkyl halides is 3. The largest absolute Gasteiger partial charge is 0.416 e. The third-order valence-electron chi connectivity index (χ3n) is 2.48. The first-order valence-electron chi connectivity index (χ1n) is 6.01. The second-order valence-corrected chi connectivity index (χ2v) is 4.64. The molecule has 0 saturated heterocycles. The molecular weight excluding hydrogens is 257 g/mol. The van der Waals surface area contributed by atoms with Crippen LogP contribution in [0.15, 0.2) is 24.3 Å². The molecule has 2 N–H and O–H groups in total. The number of anilines is 1. The molecule has 2 amide bonds. The minimum atomic E-state index is -4.36. The number of urea groups is 1. The van der Waals surface area contributed by atoms with Gasteiger partial charge in [-0.05, 0) is 36.6 Å². The average molecular weight is 274 g/mol. The number of carbonyl (C=O) groups excluding carboxylic acids is 1. The van der Waals surface area contributed by atoms with E-state index in [0.29, 0.717) is 18.2 Å². The smallest absolute Gasteiger partial charge is 0.338 e. The lowest BCUT2D eigenvalue weighted by molar-refractivity contribution is -0.137. The van der Waals surface area contributed by atoms with Crippen molar-refractivity contribution in [1.29, 1.82) is 0 Å². The van der Waals surface area contributed by atoms with Gasteiger partial charge in [0, 0.05) is 12.2 Å². The fraction of sp³-hybridized carbons (Fsp3) is 0.462. The highest BCUT2D eigenvalue weighted by Crippen LogP contribution is 2.29. The Bertz CT molecular complexity index is 413. The maximum atomic E-state index is 12.3. The zero-order chi connectivity index (χ0) is 14.5. The number of hydrogen-bond donors (Lipinski definition) is 2. The molecule has 0 atom stereocenters. The van der Waals surface area contributed by atoms with Crippen LogP contribution in [0.4, 0.5) is 23.7 Å². The molecule has 0 unspecified atom stereocenters. The molecule has 0 saturated carbocycles. The third-order valence-corrected chi connectivity index (χ3v) is 2.48. The monoisotopic (exact) mass is 274 g/mol. The summed E-state index contributed by atoms with van der Waals surface area (Å²) in [5, 5.41) is 5.11. The van der Waals surface area contributed by atoms with Crippen LogP contribution in [-0.2, 0) is 6.18 Å². The lowest BCUT2D eigenvalue weighted by atomic mass is 10.1. The van der Waals surface area contributed by atoms with Crippen molar-refractivity contribution >= 4 is 11.7 Å². The van der Waals surface area contributed by atoms with E-state index in [1.54, 1.807) is 0 Å². The van der Waals surface area contributed by atoms with Gasteiger partial charge < -0.3 is 10.6 Å². The van der Waals surface area contributed by atoms with Crippen LogP contribution >= 0.6 is 0 Å². The van der Waals surface area contributed by atoms with Crippen molar-refractivity contribution in [3.8, 4) is 0 Å². The van der Waals surface area contributed by atoms with Gasteiger partial charge in [0.25, 0.3) is 0 Å². The topological polar surface area (TPSA) is 41.1 Å². The summed E-state index contributed by atoms with van der Waals surface area (Å²) in [6.07, 6.45) is -3.52. The number of amides is 2. The highest BCUT2D eigenvalue weighted by molar-refractivity contribution is 5.89. The van der Waals surface area contributed by atoms with Crippen LogP contribution in [0.25, 0.3) is 0 Å². The quantitative estimate of drug-likeness (QED) is 0.859. The Morgan fingerprint density at radius 1 is 1.21 bits per heavy atom. The number of carbonyl (C=O) groups is 1. The molecule has 106 valence electrons. The average Bonchev–Trinajstić information content (AvgIpc) is 2.27. The number of halogens is 3. The first kappa shape index (κ1) is 15.3. The van der Waals surface area contributed by atoms with Crippen LogP contribution in [0, 0.1) is 5.92 Å². The maximum absolute atomic E-state index is 12.3. The molecule has 0 aliphatic rings. The Hall–Kier alpha value is -1.72. The van der Waals surface area contributed by atoms with Crippen LogP contribution < -0.4 is 10.6 Å². The summed E-state index contributed by atoms with van der Waals surface area (Å²) in [6, 6.07) is 3.91. The van der Waals surface area contributed by atoms with E-state index in [1.807, 2.05) is 13.8 Å². The van der Waals surface area contributed by atoms with E-state index in [0.717, 1.165) is 18.6 Å². The first-order valence-corrected chi connectivity index (χ1v) is 6.01. The van der Waals surface area contributed by atoms with Crippen LogP contribution in [0.5, 0.6) is 0 Å². The van der Waals surface area contributed by atoms with Gasteiger partial charge in [-0.3, -0.25) is 0 Å². The zero-order valence-corrected chi connectivity index (χ0v) is 10.8. The van der Waals surface area contributed by atoms with Crippen molar-refractivity contribution < 1.29 is 18.0 Å². The van der Waals surface area contributed by atoms with Crippen LogP contribution in [0.2, 0.25) is 0 Å². The zero-order valence-electron chi connectivity index (χ0n) is 10.8.